The summed E-state index contributed by atoms with van der Waals surface area (Å²) >= 11 is 0. The van der Waals surface area contributed by atoms with Crippen LogP contribution in [0.1, 0.15) is 25.7 Å². The smallest absolute Gasteiger partial charge is 0.234 e. The molecule has 0 bridgehead atoms. The van der Waals surface area contributed by atoms with Gasteiger partial charge in [-0.15, -0.1) is 0 Å². The molecule has 5 nitrogen and oxygen atoms in total. The third-order valence-electron chi connectivity index (χ3n) is 3.50. The van der Waals surface area contributed by atoms with Gasteiger partial charge >= 0.3 is 0 Å². The third kappa shape index (κ3) is 1.19. The summed E-state index contributed by atoms with van der Waals surface area (Å²) < 4.78 is 0. The normalized spacial score (nSPS) is 40.9. The fraction of sp³-hybridized carbons (Fsp3) is 0.778. The van der Waals surface area contributed by atoms with Gasteiger partial charge in [0, 0.05) is 5.54 Å². The Bertz CT molecular complexity index is 284. The van der Waals surface area contributed by atoms with Gasteiger partial charge in [0.1, 0.15) is 0 Å². The van der Waals surface area contributed by atoms with Crippen molar-refractivity contribution in [2.24, 2.45) is 17.4 Å². The maximum Gasteiger partial charge on any atom is 0.234 e. The summed E-state index contributed by atoms with van der Waals surface area (Å²) in [5.41, 5.74) is 10.2. The lowest BCUT2D eigenvalue weighted by Gasteiger charge is -2.48. The zero-order chi connectivity index (χ0) is 10.3. The van der Waals surface area contributed by atoms with Crippen molar-refractivity contribution in [3.63, 3.8) is 0 Å². The van der Waals surface area contributed by atoms with Gasteiger partial charge < -0.3 is 11.5 Å². The van der Waals surface area contributed by atoms with Crippen molar-refractivity contribution in [2.75, 3.05) is 0 Å². The molecule has 0 aromatic heterocycles. The van der Waals surface area contributed by atoms with E-state index in [4.69, 9.17) is 11.5 Å². The third-order valence-corrected chi connectivity index (χ3v) is 3.50. The highest BCUT2D eigenvalue weighted by atomic mass is 16.2. The van der Waals surface area contributed by atoms with E-state index in [1.165, 1.54) is 0 Å². The standard InChI is InChI=1S/C9H15N3O2/c10-7(13)5-2-1-3-9(5)4-6(12-9)8(11)14/h5-6,12H,1-4H2,(H2,10,13)(H2,11,14). The number of nitrogens with two attached hydrogens (primary N) is 2. The molecule has 3 unspecified atom stereocenters. The lowest BCUT2D eigenvalue weighted by Crippen LogP contribution is -2.70. The number of carbonyl (C=O) groups is 2. The number of rotatable bonds is 2. The van der Waals surface area contributed by atoms with E-state index in [9.17, 15) is 9.59 Å². The molecule has 1 aliphatic carbocycles. The van der Waals surface area contributed by atoms with Crippen LogP contribution in [0.15, 0.2) is 0 Å². The van der Waals surface area contributed by atoms with E-state index in [0.29, 0.717) is 6.42 Å². The van der Waals surface area contributed by atoms with Crippen LogP contribution in [-0.2, 0) is 9.59 Å². The SMILES string of the molecule is NC(=O)C1CC2(CCCC2C(N)=O)N1. The highest BCUT2D eigenvalue weighted by Crippen LogP contribution is 2.44. The van der Waals surface area contributed by atoms with Gasteiger partial charge in [0.2, 0.25) is 11.8 Å². The Hall–Kier alpha value is -1.10. The van der Waals surface area contributed by atoms with Crippen molar-refractivity contribution in [1.82, 2.24) is 5.32 Å². The zero-order valence-electron chi connectivity index (χ0n) is 7.95. The Balaban J connectivity index is 2.05. The lowest BCUT2D eigenvalue weighted by atomic mass is 9.73. The van der Waals surface area contributed by atoms with Crippen molar-refractivity contribution in [1.29, 1.82) is 0 Å². The van der Waals surface area contributed by atoms with Crippen LogP contribution in [-0.4, -0.2) is 23.4 Å². The molecule has 1 heterocycles. The predicted molar refractivity (Wildman–Crippen MR) is 50.0 cm³/mol. The van der Waals surface area contributed by atoms with Crippen LogP contribution < -0.4 is 16.8 Å². The number of carbonyl (C=O) groups excluding carboxylic acids is 2. The fourth-order valence-corrected chi connectivity index (χ4v) is 2.77. The van der Waals surface area contributed by atoms with Gasteiger partial charge in [-0.25, -0.2) is 0 Å². The molecule has 2 fully saturated rings. The first-order valence-electron chi connectivity index (χ1n) is 4.91. The number of amides is 2. The minimum absolute atomic E-state index is 0.127. The molecule has 2 rings (SSSR count). The molecule has 0 aromatic rings. The van der Waals surface area contributed by atoms with Gasteiger partial charge in [-0.2, -0.15) is 0 Å². The number of nitrogens with one attached hydrogen (secondary N) is 1. The first-order chi connectivity index (χ1) is 6.55. The van der Waals surface area contributed by atoms with E-state index in [1.807, 2.05) is 0 Å². The summed E-state index contributed by atoms with van der Waals surface area (Å²) in [6.45, 7) is 0. The van der Waals surface area contributed by atoms with Crippen LogP contribution in [0.3, 0.4) is 0 Å². The predicted octanol–water partition coefficient (Wildman–Crippen LogP) is -1.14. The molecular formula is C9H15N3O2. The topological polar surface area (TPSA) is 98.2 Å². The Morgan fingerprint density at radius 1 is 1.29 bits per heavy atom. The van der Waals surface area contributed by atoms with Gasteiger partial charge in [0.05, 0.1) is 12.0 Å². The fourth-order valence-electron chi connectivity index (χ4n) is 2.77. The Kier molecular flexibility index (Phi) is 1.99. The van der Waals surface area contributed by atoms with Crippen LogP contribution in [0.5, 0.6) is 0 Å². The minimum Gasteiger partial charge on any atom is -0.369 e. The molecule has 5 N–H and O–H groups in total. The maximum atomic E-state index is 11.2. The first-order valence-corrected chi connectivity index (χ1v) is 4.91. The van der Waals surface area contributed by atoms with Gasteiger partial charge in [-0.05, 0) is 19.3 Å². The molecule has 0 aromatic carbocycles. The summed E-state index contributed by atoms with van der Waals surface area (Å²) in [6, 6.07) is -0.269. The average Bonchev–Trinajstić information content (AvgIpc) is 2.43. The van der Waals surface area contributed by atoms with E-state index in [2.05, 4.69) is 5.32 Å². The van der Waals surface area contributed by atoms with Crippen molar-refractivity contribution >= 4 is 11.8 Å². The summed E-state index contributed by atoms with van der Waals surface area (Å²) in [5, 5.41) is 3.11. The molecule has 1 saturated heterocycles. The molecule has 1 spiro atoms. The molecular weight excluding hydrogens is 182 g/mol. The van der Waals surface area contributed by atoms with Crippen molar-refractivity contribution in [3.8, 4) is 0 Å². The number of hydrogen-bond acceptors (Lipinski definition) is 3. The van der Waals surface area contributed by atoms with Crippen LogP contribution in [0.2, 0.25) is 0 Å². The van der Waals surface area contributed by atoms with E-state index < -0.39 is 0 Å². The molecule has 5 heteroatoms. The summed E-state index contributed by atoms with van der Waals surface area (Å²) in [6.07, 6.45) is 3.40. The largest absolute Gasteiger partial charge is 0.369 e. The summed E-state index contributed by atoms with van der Waals surface area (Å²) in [7, 11) is 0. The first kappa shape index (κ1) is 9.45. The minimum atomic E-state index is -0.342. The molecule has 2 aliphatic rings. The molecule has 0 radical (unpaired) electrons. The Labute approximate surface area is 82.2 Å². The monoisotopic (exact) mass is 197 g/mol. The number of primary amides is 2. The molecule has 1 saturated carbocycles. The highest BCUT2D eigenvalue weighted by molar-refractivity contribution is 5.84. The Morgan fingerprint density at radius 2 is 1.93 bits per heavy atom. The van der Waals surface area contributed by atoms with Crippen molar-refractivity contribution in [3.05, 3.63) is 0 Å². The second-order valence-electron chi connectivity index (χ2n) is 4.31. The van der Waals surface area contributed by atoms with Gasteiger partial charge in [0.25, 0.3) is 0 Å². The lowest BCUT2D eigenvalue weighted by molar-refractivity contribution is -0.131. The van der Waals surface area contributed by atoms with Crippen molar-refractivity contribution in [2.45, 2.75) is 37.3 Å². The average molecular weight is 197 g/mol. The van der Waals surface area contributed by atoms with Crippen molar-refractivity contribution < 1.29 is 9.59 Å². The van der Waals surface area contributed by atoms with E-state index in [-0.39, 0.29) is 29.3 Å². The van der Waals surface area contributed by atoms with Crippen LogP contribution in [0, 0.1) is 5.92 Å². The number of hydrogen-bond donors (Lipinski definition) is 3. The van der Waals surface area contributed by atoms with E-state index in [0.717, 1.165) is 19.3 Å². The molecule has 78 valence electrons. The van der Waals surface area contributed by atoms with Crippen LogP contribution in [0.25, 0.3) is 0 Å². The summed E-state index contributed by atoms with van der Waals surface area (Å²) in [5.74, 6) is -0.734. The molecule has 3 atom stereocenters. The molecule has 2 amide bonds. The maximum absolute atomic E-state index is 11.2. The summed E-state index contributed by atoms with van der Waals surface area (Å²) in [4.78, 5) is 22.0. The highest BCUT2D eigenvalue weighted by Gasteiger charge is 2.55. The second kappa shape index (κ2) is 2.95. The van der Waals surface area contributed by atoms with Gasteiger partial charge in [-0.1, -0.05) is 6.42 Å². The van der Waals surface area contributed by atoms with E-state index >= 15 is 0 Å². The zero-order valence-corrected chi connectivity index (χ0v) is 7.95. The van der Waals surface area contributed by atoms with Gasteiger partial charge in [-0.3, -0.25) is 14.9 Å². The van der Waals surface area contributed by atoms with Gasteiger partial charge in [0.15, 0.2) is 0 Å². The van der Waals surface area contributed by atoms with Crippen LogP contribution >= 0.6 is 0 Å². The Morgan fingerprint density at radius 3 is 2.43 bits per heavy atom. The quantitative estimate of drug-likeness (QED) is 0.521. The molecule has 1 aliphatic heterocycles. The van der Waals surface area contributed by atoms with E-state index in [1.54, 1.807) is 0 Å². The second-order valence-corrected chi connectivity index (χ2v) is 4.31. The molecule has 14 heavy (non-hydrogen) atoms. The van der Waals surface area contributed by atoms with Crippen LogP contribution in [0.4, 0.5) is 0 Å².